The Morgan fingerprint density at radius 3 is 2.75 bits per heavy atom. The molecule has 4 nitrogen and oxygen atoms in total. The van der Waals surface area contributed by atoms with Crippen molar-refractivity contribution in [1.29, 1.82) is 0 Å². The number of hydrogen-bond acceptors (Lipinski definition) is 3. The lowest BCUT2D eigenvalue weighted by molar-refractivity contribution is 0.257. The van der Waals surface area contributed by atoms with Crippen LogP contribution in [0.25, 0.3) is 0 Å². The Morgan fingerprint density at radius 1 is 1.62 bits per heavy atom. The molecule has 0 saturated carbocycles. The van der Waals surface area contributed by atoms with Gasteiger partial charge in [-0.3, -0.25) is 9.58 Å². The van der Waals surface area contributed by atoms with Crippen LogP contribution >= 0.6 is 12.2 Å². The highest BCUT2D eigenvalue weighted by atomic mass is 32.1. The van der Waals surface area contributed by atoms with E-state index in [0.717, 1.165) is 13.0 Å². The Kier molecular flexibility index (Phi) is 4.89. The van der Waals surface area contributed by atoms with Gasteiger partial charge in [0.15, 0.2) is 0 Å². The van der Waals surface area contributed by atoms with Crippen molar-refractivity contribution in [3.8, 4) is 0 Å². The first-order valence-electron chi connectivity index (χ1n) is 5.49. The predicted molar refractivity (Wildman–Crippen MR) is 70.4 cm³/mol. The minimum atomic E-state index is 0.457. The van der Waals surface area contributed by atoms with Crippen LogP contribution in [0.15, 0.2) is 12.4 Å². The predicted octanol–water partition coefficient (Wildman–Crippen LogP) is 0.959. The third-order valence-electron chi connectivity index (χ3n) is 2.54. The summed E-state index contributed by atoms with van der Waals surface area (Å²) in [7, 11) is 1.93. The maximum Gasteiger partial charge on any atom is 0.0870 e. The standard InChI is InChI=1S/C11H20N4S/c1-9(2)15(8-11(12)16)5-4-10-6-13-14(3)7-10/h6-7,9H,4-5,8H2,1-3H3,(H2,12,16). The number of aromatic nitrogens is 2. The zero-order valence-corrected chi connectivity index (χ0v) is 11.0. The fraction of sp³-hybridized carbons (Fsp3) is 0.636. The van der Waals surface area contributed by atoms with Crippen molar-refractivity contribution in [2.45, 2.75) is 26.3 Å². The van der Waals surface area contributed by atoms with Crippen molar-refractivity contribution < 1.29 is 0 Å². The molecule has 5 heteroatoms. The summed E-state index contributed by atoms with van der Waals surface area (Å²) in [4.78, 5) is 2.83. The van der Waals surface area contributed by atoms with E-state index in [1.807, 2.05) is 24.1 Å². The molecular weight excluding hydrogens is 220 g/mol. The molecule has 0 radical (unpaired) electrons. The summed E-state index contributed by atoms with van der Waals surface area (Å²) in [6.07, 6.45) is 4.92. The monoisotopic (exact) mass is 240 g/mol. The van der Waals surface area contributed by atoms with E-state index in [9.17, 15) is 0 Å². The summed E-state index contributed by atoms with van der Waals surface area (Å²) in [5.74, 6) is 0. The molecule has 0 aliphatic carbocycles. The van der Waals surface area contributed by atoms with E-state index in [4.69, 9.17) is 18.0 Å². The zero-order chi connectivity index (χ0) is 12.1. The first-order chi connectivity index (χ1) is 7.49. The zero-order valence-electron chi connectivity index (χ0n) is 10.2. The lowest BCUT2D eigenvalue weighted by atomic mass is 10.2. The summed E-state index contributed by atoms with van der Waals surface area (Å²) in [6.45, 7) is 5.96. The second-order valence-corrected chi connectivity index (χ2v) is 4.83. The van der Waals surface area contributed by atoms with E-state index in [1.165, 1.54) is 5.56 Å². The topological polar surface area (TPSA) is 47.1 Å². The molecule has 16 heavy (non-hydrogen) atoms. The average Bonchev–Trinajstić information content (AvgIpc) is 2.58. The van der Waals surface area contributed by atoms with Crippen LogP contribution in [0.4, 0.5) is 0 Å². The van der Waals surface area contributed by atoms with E-state index < -0.39 is 0 Å². The highest BCUT2D eigenvalue weighted by Crippen LogP contribution is 2.03. The Morgan fingerprint density at radius 2 is 2.31 bits per heavy atom. The van der Waals surface area contributed by atoms with Gasteiger partial charge >= 0.3 is 0 Å². The number of nitrogens with zero attached hydrogens (tertiary/aromatic N) is 3. The minimum absolute atomic E-state index is 0.457. The van der Waals surface area contributed by atoms with Gasteiger partial charge in [0.1, 0.15) is 0 Å². The van der Waals surface area contributed by atoms with Gasteiger partial charge in [0.25, 0.3) is 0 Å². The van der Waals surface area contributed by atoms with Crippen molar-refractivity contribution in [3.05, 3.63) is 18.0 Å². The van der Waals surface area contributed by atoms with Gasteiger partial charge in [-0.05, 0) is 25.8 Å². The number of aryl methyl sites for hydroxylation is 1. The van der Waals surface area contributed by atoms with Gasteiger partial charge in [0.2, 0.25) is 0 Å². The smallest absolute Gasteiger partial charge is 0.0870 e. The SMILES string of the molecule is CC(C)N(CCc1cnn(C)c1)CC(N)=S. The largest absolute Gasteiger partial charge is 0.392 e. The first-order valence-corrected chi connectivity index (χ1v) is 5.89. The molecular formula is C11H20N4S. The van der Waals surface area contributed by atoms with Crippen LogP contribution < -0.4 is 5.73 Å². The minimum Gasteiger partial charge on any atom is -0.392 e. The highest BCUT2D eigenvalue weighted by molar-refractivity contribution is 7.80. The van der Waals surface area contributed by atoms with Gasteiger partial charge < -0.3 is 5.73 Å². The van der Waals surface area contributed by atoms with E-state index in [2.05, 4.69) is 23.8 Å². The summed E-state index contributed by atoms with van der Waals surface area (Å²) in [5, 5.41) is 4.15. The molecule has 0 unspecified atom stereocenters. The van der Waals surface area contributed by atoms with E-state index in [0.29, 0.717) is 17.6 Å². The van der Waals surface area contributed by atoms with Crippen molar-refractivity contribution in [3.63, 3.8) is 0 Å². The lowest BCUT2D eigenvalue weighted by Crippen LogP contribution is -2.39. The summed E-state index contributed by atoms with van der Waals surface area (Å²) < 4.78 is 1.82. The summed E-state index contributed by atoms with van der Waals surface area (Å²) in [6, 6.07) is 0.457. The summed E-state index contributed by atoms with van der Waals surface area (Å²) in [5.41, 5.74) is 6.82. The molecule has 0 saturated heterocycles. The molecule has 0 aliphatic heterocycles. The van der Waals surface area contributed by atoms with E-state index in [-0.39, 0.29) is 0 Å². The molecule has 0 bridgehead atoms. The maximum atomic E-state index is 5.58. The number of nitrogens with two attached hydrogens (primary N) is 1. The van der Waals surface area contributed by atoms with Crippen LogP contribution in [0.3, 0.4) is 0 Å². The van der Waals surface area contributed by atoms with Crippen molar-refractivity contribution >= 4 is 17.2 Å². The number of hydrogen-bond donors (Lipinski definition) is 1. The number of thiocarbonyl (C=S) groups is 1. The van der Waals surface area contributed by atoms with Crippen LogP contribution in [0.1, 0.15) is 19.4 Å². The van der Waals surface area contributed by atoms with Gasteiger partial charge in [-0.2, -0.15) is 5.10 Å². The van der Waals surface area contributed by atoms with Crippen LogP contribution in [0.5, 0.6) is 0 Å². The van der Waals surface area contributed by atoms with Crippen LogP contribution in [-0.4, -0.2) is 38.8 Å². The van der Waals surface area contributed by atoms with Crippen molar-refractivity contribution in [1.82, 2.24) is 14.7 Å². The van der Waals surface area contributed by atoms with Crippen molar-refractivity contribution in [2.75, 3.05) is 13.1 Å². The second kappa shape index (κ2) is 5.96. The Labute approximate surface area is 102 Å². The molecule has 0 aliphatic rings. The molecule has 0 aromatic carbocycles. The Bertz CT molecular complexity index is 346. The molecule has 0 atom stereocenters. The van der Waals surface area contributed by atoms with Gasteiger partial charge in [0, 0.05) is 32.4 Å². The molecule has 0 fully saturated rings. The fourth-order valence-corrected chi connectivity index (χ4v) is 1.76. The third-order valence-corrected chi connectivity index (χ3v) is 2.66. The van der Waals surface area contributed by atoms with Gasteiger partial charge in [-0.15, -0.1) is 0 Å². The van der Waals surface area contributed by atoms with Gasteiger partial charge in [-0.25, -0.2) is 0 Å². The Balaban J connectivity index is 2.46. The molecule has 0 amide bonds. The van der Waals surface area contributed by atoms with Crippen LogP contribution in [0, 0.1) is 0 Å². The van der Waals surface area contributed by atoms with Crippen molar-refractivity contribution in [2.24, 2.45) is 12.8 Å². The Hall–Kier alpha value is -0.940. The van der Waals surface area contributed by atoms with Crippen LogP contribution in [0.2, 0.25) is 0 Å². The van der Waals surface area contributed by atoms with Gasteiger partial charge in [-0.1, -0.05) is 12.2 Å². The highest BCUT2D eigenvalue weighted by Gasteiger charge is 2.10. The summed E-state index contributed by atoms with van der Waals surface area (Å²) >= 11 is 4.95. The first kappa shape index (κ1) is 13.1. The quantitative estimate of drug-likeness (QED) is 0.752. The normalized spacial score (nSPS) is 11.3. The van der Waals surface area contributed by atoms with Gasteiger partial charge in [0.05, 0.1) is 11.2 Å². The molecule has 1 rings (SSSR count). The fourth-order valence-electron chi connectivity index (χ4n) is 1.59. The maximum absolute atomic E-state index is 5.58. The molecule has 1 aromatic heterocycles. The molecule has 90 valence electrons. The molecule has 2 N–H and O–H groups in total. The molecule has 1 heterocycles. The third kappa shape index (κ3) is 4.28. The lowest BCUT2D eigenvalue weighted by Gasteiger charge is -2.25. The second-order valence-electron chi connectivity index (χ2n) is 4.30. The van der Waals surface area contributed by atoms with E-state index >= 15 is 0 Å². The molecule has 1 aromatic rings. The number of rotatable bonds is 6. The molecule has 0 spiro atoms. The van der Waals surface area contributed by atoms with E-state index in [1.54, 1.807) is 0 Å². The average molecular weight is 240 g/mol. The van der Waals surface area contributed by atoms with Crippen LogP contribution in [-0.2, 0) is 13.5 Å².